The molecule has 0 bridgehead atoms. The first-order valence-corrected chi connectivity index (χ1v) is 9.34. The van der Waals surface area contributed by atoms with Gasteiger partial charge in [-0.1, -0.05) is 0 Å². The summed E-state index contributed by atoms with van der Waals surface area (Å²) >= 11 is 0. The fraction of sp³-hybridized carbons (Fsp3) is 0.474. The molecule has 0 spiro atoms. The average Bonchev–Trinajstić information content (AvgIpc) is 3.36. The molecule has 0 unspecified atom stereocenters. The van der Waals surface area contributed by atoms with Crippen LogP contribution in [0.25, 0.3) is 5.65 Å². The van der Waals surface area contributed by atoms with Crippen molar-refractivity contribution in [2.45, 2.75) is 53.1 Å². The number of nitrogens with one attached hydrogen (secondary N) is 1. The van der Waals surface area contributed by atoms with Gasteiger partial charge in [0.1, 0.15) is 0 Å². The van der Waals surface area contributed by atoms with E-state index in [9.17, 15) is 9.59 Å². The lowest BCUT2D eigenvalue weighted by atomic mass is 10.1. The lowest BCUT2D eigenvalue weighted by Crippen LogP contribution is -2.31. The minimum absolute atomic E-state index is 0.0129. The van der Waals surface area contributed by atoms with Crippen LogP contribution in [0.5, 0.6) is 0 Å². The zero-order chi connectivity index (χ0) is 19.3. The number of nitrogens with zero attached hydrogens (tertiary/aromatic N) is 5. The number of carbonyl (C=O) groups is 1. The molecule has 1 aliphatic rings. The summed E-state index contributed by atoms with van der Waals surface area (Å²) in [5, 5.41) is 7.46. The Morgan fingerprint density at radius 2 is 2.11 bits per heavy atom. The predicted molar refractivity (Wildman–Crippen MR) is 101 cm³/mol. The van der Waals surface area contributed by atoms with Crippen molar-refractivity contribution in [2.24, 2.45) is 0 Å². The standard InChI is InChI=1S/C19H24N6O2/c1-5-24-13(4)14(10-20-24)19(27)23-8-6-7-16(23)15-9-17-21-12(3)11(2)18(26)25(17)22-15/h9-10,16,22H,5-8H2,1-4H3/t16-/m0/s1. The number of hydrogen-bond acceptors (Lipinski definition) is 4. The molecular formula is C19H24N6O2. The van der Waals surface area contributed by atoms with Gasteiger partial charge in [0.2, 0.25) is 0 Å². The first-order chi connectivity index (χ1) is 12.9. The number of aryl methyl sites for hydroxylation is 2. The van der Waals surface area contributed by atoms with Crippen molar-refractivity contribution in [3.05, 3.63) is 50.8 Å². The minimum atomic E-state index is -0.0975. The van der Waals surface area contributed by atoms with Crippen molar-refractivity contribution >= 4 is 11.6 Å². The van der Waals surface area contributed by atoms with E-state index in [-0.39, 0.29) is 17.5 Å². The fourth-order valence-electron chi connectivity index (χ4n) is 3.87. The molecule has 1 amide bonds. The first kappa shape index (κ1) is 17.5. The molecule has 1 saturated heterocycles. The summed E-state index contributed by atoms with van der Waals surface area (Å²) in [6.45, 7) is 8.97. The Kier molecular flexibility index (Phi) is 4.13. The molecule has 4 heterocycles. The SMILES string of the molecule is CCn1ncc(C(=O)N2CCC[C@H]2c2cc3nc(C)c(C)c(=O)n3[nH]2)c1C. The number of H-pyrrole nitrogens is 1. The third-order valence-electron chi connectivity index (χ3n) is 5.61. The lowest BCUT2D eigenvalue weighted by molar-refractivity contribution is 0.0732. The van der Waals surface area contributed by atoms with Crippen LogP contribution in [0.4, 0.5) is 0 Å². The van der Waals surface area contributed by atoms with Gasteiger partial charge < -0.3 is 4.90 Å². The molecule has 1 N–H and O–H groups in total. The molecule has 27 heavy (non-hydrogen) atoms. The van der Waals surface area contributed by atoms with Crippen LogP contribution in [0.15, 0.2) is 17.1 Å². The molecule has 0 aromatic carbocycles. The van der Waals surface area contributed by atoms with Gasteiger partial charge in [-0.15, -0.1) is 0 Å². The van der Waals surface area contributed by atoms with Crippen LogP contribution in [0, 0.1) is 20.8 Å². The van der Waals surface area contributed by atoms with Gasteiger partial charge >= 0.3 is 0 Å². The van der Waals surface area contributed by atoms with Crippen LogP contribution < -0.4 is 5.56 Å². The fourth-order valence-corrected chi connectivity index (χ4v) is 3.87. The van der Waals surface area contributed by atoms with Crippen LogP contribution in [0.3, 0.4) is 0 Å². The maximum atomic E-state index is 13.1. The Balaban J connectivity index is 1.72. The molecule has 1 atom stereocenters. The second-order valence-electron chi connectivity index (χ2n) is 7.15. The van der Waals surface area contributed by atoms with Crippen molar-refractivity contribution in [1.82, 2.24) is 29.3 Å². The predicted octanol–water partition coefficient (Wildman–Crippen LogP) is 2.14. The second-order valence-corrected chi connectivity index (χ2v) is 7.15. The summed E-state index contributed by atoms with van der Waals surface area (Å²) < 4.78 is 3.30. The topological polar surface area (TPSA) is 88.3 Å². The molecule has 0 saturated carbocycles. The third kappa shape index (κ3) is 2.67. The van der Waals surface area contributed by atoms with Gasteiger partial charge in [0.05, 0.1) is 23.5 Å². The molecular weight excluding hydrogens is 344 g/mol. The second kappa shape index (κ2) is 6.37. The van der Waals surface area contributed by atoms with E-state index in [0.29, 0.717) is 23.3 Å². The van der Waals surface area contributed by atoms with E-state index in [1.165, 1.54) is 4.52 Å². The molecule has 1 fully saturated rings. The quantitative estimate of drug-likeness (QED) is 0.767. The Labute approximate surface area is 156 Å². The zero-order valence-electron chi connectivity index (χ0n) is 16.1. The number of likely N-dealkylation sites (tertiary alicyclic amines) is 1. The highest BCUT2D eigenvalue weighted by Gasteiger charge is 2.33. The molecule has 142 valence electrons. The van der Waals surface area contributed by atoms with E-state index in [4.69, 9.17) is 0 Å². The third-order valence-corrected chi connectivity index (χ3v) is 5.61. The maximum Gasteiger partial charge on any atom is 0.275 e. The van der Waals surface area contributed by atoms with Crippen LogP contribution in [-0.2, 0) is 6.54 Å². The van der Waals surface area contributed by atoms with E-state index < -0.39 is 0 Å². The number of aromatic amines is 1. The van der Waals surface area contributed by atoms with Gasteiger partial charge in [-0.3, -0.25) is 19.4 Å². The van der Waals surface area contributed by atoms with Crippen LogP contribution in [0.1, 0.15) is 58.8 Å². The van der Waals surface area contributed by atoms with E-state index in [0.717, 1.165) is 36.5 Å². The normalized spacial score (nSPS) is 17.2. The van der Waals surface area contributed by atoms with E-state index >= 15 is 0 Å². The van der Waals surface area contributed by atoms with Gasteiger partial charge in [-0.2, -0.15) is 5.10 Å². The zero-order valence-corrected chi connectivity index (χ0v) is 16.1. The van der Waals surface area contributed by atoms with Crippen molar-refractivity contribution in [1.29, 1.82) is 0 Å². The number of carbonyl (C=O) groups excluding carboxylic acids is 1. The summed E-state index contributed by atoms with van der Waals surface area (Å²) in [5.74, 6) is -0.0129. The molecule has 1 aliphatic heterocycles. The molecule has 4 rings (SSSR count). The molecule has 3 aromatic heterocycles. The maximum absolute atomic E-state index is 13.1. The monoisotopic (exact) mass is 368 g/mol. The highest BCUT2D eigenvalue weighted by Crippen LogP contribution is 2.33. The summed E-state index contributed by atoms with van der Waals surface area (Å²) in [4.78, 5) is 32.0. The first-order valence-electron chi connectivity index (χ1n) is 9.34. The largest absolute Gasteiger partial charge is 0.330 e. The Morgan fingerprint density at radius 3 is 2.81 bits per heavy atom. The van der Waals surface area contributed by atoms with Crippen molar-refractivity contribution < 1.29 is 4.79 Å². The number of amides is 1. The van der Waals surface area contributed by atoms with E-state index in [2.05, 4.69) is 15.2 Å². The molecule has 8 nitrogen and oxygen atoms in total. The molecule has 0 radical (unpaired) electrons. The Bertz CT molecular complexity index is 1090. The Hall–Kier alpha value is -2.90. The smallest absolute Gasteiger partial charge is 0.275 e. The Morgan fingerprint density at radius 1 is 1.33 bits per heavy atom. The average molecular weight is 368 g/mol. The van der Waals surface area contributed by atoms with Gasteiger partial charge in [-0.05, 0) is 40.5 Å². The minimum Gasteiger partial charge on any atom is -0.330 e. The van der Waals surface area contributed by atoms with Gasteiger partial charge in [0.15, 0.2) is 5.65 Å². The van der Waals surface area contributed by atoms with Crippen molar-refractivity contribution in [3.8, 4) is 0 Å². The summed E-state index contributed by atoms with van der Waals surface area (Å²) in [6, 6.07) is 1.79. The molecule has 0 aliphatic carbocycles. The highest BCUT2D eigenvalue weighted by atomic mass is 16.2. The van der Waals surface area contributed by atoms with Gasteiger partial charge in [0, 0.05) is 36.1 Å². The van der Waals surface area contributed by atoms with Gasteiger partial charge in [0.25, 0.3) is 11.5 Å². The summed E-state index contributed by atoms with van der Waals surface area (Å²) in [7, 11) is 0. The van der Waals surface area contributed by atoms with Crippen LogP contribution >= 0.6 is 0 Å². The van der Waals surface area contributed by atoms with Crippen LogP contribution in [0.2, 0.25) is 0 Å². The number of rotatable bonds is 3. The number of fused-ring (bicyclic) bond motifs is 1. The van der Waals surface area contributed by atoms with Crippen molar-refractivity contribution in [3.63, 3.8) is 0 Å². The highest BCUT2D eigenvalue weighted by molar-refractivity contribution is 5.95. The number of hydrogen-bond donors (Lipinski definition) is 1. The lowest BCUT2D eigenvalue weighted by Gasteiger charge is -2.23. The van der Waals surface area contributed by atoms with Gasteiger partial charge in [-0.25, -0.2) is 9.50 Å². The molecule has 3 aromatic rings. The van der Waals surface area contributed by atoms with E-state index in [1.807, 2.05) is 36.4 Å². The van der Waals surface area contributed by atoms with Crippen LogP contribution in [-0.4, -0.2) is 41.7 Å². The number of aromatic nitrogens is 5. The van der Waals surface area contributed by atoms with E-state index in [1.54, 1.807) is 13.1 Å². The molecule has 8 heteroatoms. The summed E-state index contributed by atoms with van der Waals surface area (Å²) in [6.07, 6.45) is 3.43. The summed E-state index contributed by atoms with van der Waals surface area (Å²) in [5.41, 5.74) is 4.22. The van der Waals surface area contributed by atoms with Crippen molar-refractivity contribution in [2.75, 3.05) is 6.54 Å².